The molecule has 0 fully saturated rings. The van der Waals surface area contributed by atoms with Gasteiger partial charge in [-0.25, -0.2) is 0 Å². The maximum atomic E-state index is 13.0. The van der Waals surface area contributed by atoms with Crippen LogP contribution in [0.1, 0.15) is 26.5 Å². The molecule has 1 aromatic heterocycles. The lowest BCUT2D eigenvalue weighted by molar-refractivity contribution is 0.0683. The van der Waals surface area contributed by atoms with Gasteiger partial charge in [0.25, 0.3) is 11.8 Å². The topological polar surface area (TPSA) is 79.7 Å². The number of likely N-dealkylation sites (N-methyl/N-ethyl adjacent to an activating group) is 1. The van der Waals surface area contributed by atoms with Crippen LogP contribution in [0.25, 0.3) is 0 Å². The van der Waals surface area contributed by atoms with Gasteiger partial charge in [-0.05, 0) is 56.1 Å². The zero-order valence-electron chi connectivity index (χ0n) is 18.9. The fourth-order valence-electron chi connectivity index (χ4n) is 3.53. The summed E-state index contributed by atoms with van der Waals surface area (Å²) in [6, 6.07) is 14.0. The molecule has 1 aliphatic heterocycles. The second-order valence-corrected chi connectivity index (χ2v) is 9.06. The largest absolute Gasteiger partial charge is 0.492 e. The Morgan fingerprint density at radius 2 is 1.85 bits per heavy atom. The monoisotopic (exact) mass is 501 g/mol. The normalized spacial score (nSPS) is 13.2. The molecule has 0 atom stereocenters. The van der Waals surface area contributed by atoms with Crippen molar-refractivity contribution in [1.29, 1.82) is 0 Å². The van der Waals surface area contributed by atoms with Gasteiger partial charge in [-0.15, -0.1) is 0 Å². The fourth-order valence-corrected chi connectivity index (χ4v) is 3.85. The first kappa shape index (κ1) is 24.1. The summed E-state index contributed by atoms with van der Waals surface area (Å²) in [5, 5.41) is 8.06. The second-order valence-electron chi connectivity index (χ2n) is 8.24. The highest BCUT2D eigenvalue weighted by Crippen LogP contribution is 2.24. The summed E-state index contributed by atoms with van der Waals surface area (Å²) < 4.78 is 7.24. The van der Waals surface area contributed by atoms with Crippen molar-refractivity contribution in [3.05, 3.63) is 75.5 Å². The molecule has 0 bridgehead atoms. The molecular formula is C24H25Cl2N5O3. The van der Waals surface area contributed by atoms with Crippen LogP contribution in [0, 0.1) is 0 Å². The molecule has 1 aliphatic rings. The first-order chi connectivity index (χ1) is 16.3. The van der Waals surface area contributed by atoms with Gasteiger partial charge in [0, 0.05) is 31.4 Å². The molecule has 8 nitrogen and oxygen atoms in total. The number of nitrogens with one attached hydrogen (secondary N) is 1. The number of hydrogen-bond acceptors (Lipinski definition) is 5. The Bertz CT molecular complexity index is 1190. The van der Waals surface area contributed by atoms with E-state index < -0.39 is 0 Å². The van der Waals surface area contributed by atoms with Crippen LogP contribution in [0.15, 0.2) is 48.5 Å². The van der Waals surface area contributed by atoms with Crippen molar-refractivity contribution in [3.8, 4) is 5.75 Å². The molecule has 0 saturated heterocycles. The molecule has 0 unspecified atom stereocenters. The maximum Gasteiger partial charge on any atom is 0.276 e. The number of hydrogen-bond donors (Lipinski definition) is 1. The predicted octanol–water partition coefficient (Wildman–Crippen LogP) is 4.04. The third-order valence-corrected chi connectivity index (χ3v) is 6.12. The predicted molar refractivity (Wildman–Crippen MR) is 132 cm³/mol. The van der Waals surface area contributed by atoms with Gasteiger partial charge >= 0.3 is 0 Å². The van der Waals surface area contributed by atoms with Crippen LogP contribution in [0.4, 0.5) is 5.69 Å². The van der Waals surface area contributed by atoms with Crippen LogP contribution in [0.5, 0.6) is 5.75 Å². The molecule has 0 aliphatic carbocycles. The van der Waals surface area contributed by atoms with Crippen LogP contribution >= 0.6 is 23.2 Å². The van der Waals surface area contributed by atoms with Crippen molar-refractivity contribution in [2.75, 3.05) is 39.1 Å². The number of nitrogens with zero attached hydrogens (tertiary/aromatic N) is 4. The van der Waals surface area contributed by atoms with Gasteiger partial charge in [0.05, 0.1) is 16.6 Å². The summed E-state index contributed by atoms with van der Waals surface area (Å²) in [6.45, 7) is 2.76. The Hall–Kier alpha value is -3.07. The number of carbonyl (C=O) groups excluding carboxylic acids is 2. The van der Waals surface area contributed by atoms with Crippen LogP contribution in [0.3, 0.4) is 0 Å². The molecule has 2 heterocycles. The SMILES string of the molecule is CN(C)CCOc1ccc(NC(=O)c2cc3n(n2)CCN(Cc2ccc(Cl)c(Cl)c2)C3=O)cc1. The number of rotatable bonds is 8. The summed E-state index contributed by atoms with van der Waals surface area (Å²) in [4.78, 5) is 29.5. The summed E-state index contributed by atoms with van der Waals surface area (Å²) in [5.41, 5.74) is 2.05. The Morgan fingerprint density at radius 3 is 2.56 bits per heavy atom. The molecular weight excluding hydrogens is 477 g/mol. The molecule has 2 amide bonds. The van der Waals surface area contributed by atoms with Gasteiger partial charge in [-0.2, -0.15) is 5.10 Å². The summed E-state index contributed by atoms with van der Waals surface area (Å²) >= 11 is 12.1. The molecule has 4 rings (SSSR count). The summed E-state index contributed by atoms with van der Waals surface area (Å²) in [5.74, 6) is 0.153. The second kappa shape index (κ2) is 10.5. The first-order valence-electron chi connectivity index (χ1n) is 10.8. The van der Waals surface area contributed by atoms with E-state index in [1.54, 1.807) is 46.0 Å². The van der Waals surface area contributed by atoms with Crippen LogP contribution in [-0.4, -0.2) is 65.2 Å². The van der Waals surface area contributed by atoms with Crippen molar-refractivity contribution >= 4 is 40.7 Å². The number of benzene rings is 2. The zero-order chi connectivity index (χ0) is 24.2. The van der Waals surface area contributed by atoms with Crippen LogP contribution < -0.4 is 10.1 Å². The number of amides is 2. The van der Waals surface area contributed by atoms with Gasteiger partial charge in [0.15, 0.2) is 5.69 Å². The third kappa shape index (κ3) is 5.70. The Balaban J connectivity index is 1.38. The van der Waals surface area contributed by atoms with E-state index in [1.807, 2.05) is 25.1 Å². The van der Waals surface area contributed by atoms with Crippen molar-refractivity contribution in [2.24, 2.45) is 0 Å². The highest BCUT2D eigenvalue weighted by Gasteiger charge is 2.28. The molecule has 1 N–H and O–H groups in total. The van der Waals surface area contributed by atoms with E-state index in [2.05, 4.69) is 10.4 Å². The minimum Gasteiger partial charge on any atom is -0.492 e. The van der Waals surface area contributed by atoms with Crippen LogP contribution in [0.2, 0.25) is 10.0 Å². The van der Waals surface area contributed by atoms with Gasteiger partial charge in [0.1, 0.15) is 18.1 Å². The number of carbonyl (C=O) groups is 2. The van der Waals surface area contributed by atoms with E-state index in [0.29, 0.717) is 47.7 Å². The smallest absolute Gasteiger partial charge is 0.276 e. The molecule has 10 heteroatoms. The molecule has 34 heavy (non-hydrogen) atoms. The van der Waals surface area contributed by atoms with E-state index in [0.717, 1.165) is 17.9 Å². The van der Waals surface area contributed by atoms with Gasteiger partial charge in [0.2, 0.25) is 0 Å². The quantitative estimate of drug-likeness (QED) is 0.503. The maximum absolute atomic E-state index is 13.0. The molecule has 0 spiro atoms. The number of halogens is 2. The number of ether oxygens (including phenoxy) is 1. The zero-order valence-corrected chi connectivity index (χ0v) is 20.4. The van der Waals surface area contributed by atoms with E-state index in [-0.39, 0.29) is 17.5 Å². The van der Waals surface area contributed by atoms with Crippen molar-refractivity contribution in [3.63, 3.8) is 0 Å². The minimum atomic E-state index is -0.382. The Morgan fingerprint density at radius 1 is 1.09 bits per heavy atom. The number of aromatic nitrogens is 2. The van der Waals surface area contributed by atoms with E-state index in [1.165, 1.54) is 6.07 Å². The lowest BCUT2D eigenvalue weighted by Gasteiger charge is -2.27. The van der Waals surface area contributed by atoms with Gasteiger partial charge in [-0.1, -0.05) is 29.3 Å². The molecule has 178 valence electrons. The van der Waals surface area contributed by atoms with Gasteiger partial charge in [-0.3, -0.25) is 14.3 Å². The highest BCUT2D eigenvalue weighted by atomic mass is 35.5. The summed E-state index contributed by atoms with van der Waals surface area (Å²) in [7, 11) is 3.97. The Kier molecular flexibility index (Phi) is 7.41. The Labute approximate surface area is 208 Å². The number of fused-ring (bicyclic) bond motifs is 1. The fraction of sp³-hybridized carbons (Fsp3) is 0.292. The molecule has 0 radical (unpaired) electrons. The van der Waals surface area contributed by atoms with Gasteiger partial charge < -0.3 is 19.9 Å². The average Bonchev–Trinajstić information content (AvgIpc) is 3.25. The van der Waals surface area contributed by atoms with E-state index >= 15 is 0 Å². The number of anilines is 1. The van der Waals surface area contributed by atoms with Crippen LogP contribution in [-0.2, 0) is 13.1 Å². The molecule has 3 aromatic rings. The first-order valence-corrected chi connectivity index (χ1v) is 11.6. The lowest BCUT2D eigenvalue weighted by Crippen LogP contribution is -2.39. The third-order valence-electron chi connectivity index (χ3n) is 5.38. The average molecular weight is 502 g/mol. The highest BCUT2D eigenvalue weighted by molar-refractivity contribution is 6.42. The van der Waals surface area contributed by atoms with Crippen molar-refractivity contribution < 1.29 is 14.3 Å². The van der Waals surface area contributed by atoms with E-state index in [4.69, 9.17) is 27.9 Å². The summed E-state index contributed by atoms with van der Waals surface area (Å²) in [6.07, 6.45) is 0. The standard InChI is InChI=1S/C24H25Cl2N5O3/c1-29(2)11-12-34-18-6-4-17(5-7-18)27-23(32)21-14-22-24(33)30(9-10-31(22)28-21)15-16-3-8-19(25)20(26)13-16/h3-8,13-14H,9-12,15H2,1-2H3,(H,27,32). The lowest BCUT2D eigenvalue weighted by atomic mass is 10.2. The van der Waals surface area contributed by atoms with Crippen molar-refractivity contribution in [2.45, 2.75) is 13.1 Å². The molecule has 2 aromatic carbocycles. The minimum absolute atomic E-state index is 0.186. The van der Waals surface area contributed by atoms with Crippen molar-refractivity contribution in [1.82, 2.24) is 19.6 Å². The molecule has 0 saturated carbocycles. The van der Waals surface area contributed by atoms with E-state index in [9.17, 15) is 9.59 Å².